The zero-order valence-corrected chi connectivity index (χ0v) is 16.1. The van der Waals surface area contributed by atoms with Gasteiger partial charge in [0.05, 0.1) is 4.90 Å². The van der Waals surface area contributed by atoms with Crippen LogP contribution in [0, 0.1) is 6.92 Å². The summed E-state index contributed by atoms with van der Waals surface area (Å²) in [5.41, 5.74) is 2.87. The number of amides is 2. The summed E-state index contributed by atoms with van der Waals surface area (Å²) < 4.78 is 22.9. The zero-order valence-electron chi connectivity index (χ0n) is 15.3. The van der Waals surface area contributed by atoms with Gasteiger partial charge in [0.15, 0.2) is 9.84 Å². The second-order valence-corrected chi connectivity index (χ2v) is 8.11. The van der Waals surface area contributed by atoms with Gasteiger partial charge in [0.1, 0.15) is 0 Å². The number of nitrogens with one attached hydrogen (secondary N) is 2. The quantitative estimate of drug-likeness (QED) is 0.780. The van der Waals surface area contributed by atoms with Gasteiger partial charge in [0, 0.05) is 37.3 Å². The lowest BCUT2D eigenvalue weighted by atomic mass is 10.2. The third-order valence-corrected chi connectivity index (χ3v) is 5.08. The van der Waals surface area contributed by atoms with E-state index in [4.69, 9.17) is 0 Å². The third kappa shape index (κ3) is 5.77. The number of benzene rings is 2. The number of hydrogen-bond acceptors (Lipinski definition) is 4. The van der Waals surface area contributed by atoms with Gasteiger partial charge in [-0.2, -0.15) is 0 Å². The van der Waals surface area contributed by atoms with Crippen molar-refractivity contribution in [1.82, 2.24) is 5.32 Å². The van der Waals surface area contributed by atoms with Crippen molar-refractivity contribution in [3.05, 3.63) is 54.1 Å². The van der Waals surface area contributed by atoms with E-state index >= 15 is 0 Å². The molecule has 0 atom stereocenters. The van der Waals surface area contributed by atoms with Crippen LogP contribution in [0.3, 0.4) is 0 Å². The molecule has 6 nitrogen and oxygen atoms in total. The van der Waals surface area contributed by atoms with E-state index in [1.807, 2.05) is 6.07 Å². The van der Waals surface area contributed by atoms with Gasteiger partial charge in [-0.15, -0.1) is 0 Å². The Labute approximate surface area is 155 Å². The lowest BCUT2D eigenvalue weighted by Crippen LogP contribution is -2.37. The van der Waals surface area contributed by atoms with Gasteiger partial charge >= 0.3 is 6.03 Å². The molecular formula is C19H25N3O3S. The van der Waals surface area contributed by atoms with Crippen LogP contribution in [0.15, 0.2) is 53.4 Å². The summed E-state index contributed by atoms with van der Waals surface area (Å²) >= 11 is 0. The molecule has 0 aliphatic heterocycles. The molecule has 0 aliphatic carbocycles. The molecule has 2 rings (SSSR count). The van der Waals surface area contributed by atoms with Crippen molar-refractivity contribution in [2.45, 2.75) is 18.7 Å². The molecule has 0 spiro atoms. The minimum atomic E-state index is -3.24. The standard InChI is InChI=1S/C19H25N3O3S/c1-4-22(17-7-5-6-15(2)14-17)13-12-20-19(23)21-16-8-10-18(11-9-16)26(3,24)25/h5-11,14H,4,12-13H2,1-3H3,(H2,20,21,23). The van der Waals surface area contributed by atoms with Crippen LogP contribution in [0.1, 0.15) is 12.5 Å². The van der Waals surface area contributed by atoms with E-state index in [9.17, 15) is 13.2 Å². The first kappa shape index (κ1) is 19.8. The Balaban J connectivity index is 1.84. The molecule has 140 valence electrons. The van der Waals surface area contributed by atoms with E-state index in [1.165, 1.54) is 17.7 Å². The molecule has 0 bridgehead atoms. The van der Waals surface area contributed by atoms with Crippen LogP contribution >= 0.6 is 0 Å². The smallest absolute Gasteiger partial charge is 0.319 e. The number of urea groups is 1. The summed E-state index contributed by atoms with van der Waals surface area (Å²) in [6, 6.07) is 14.0. The van der Waals surface area contributed by atoms with E-state index in [1.54, 1.807) is 12.1 Å². The van der Waals surface area contributed by atoms with Crippen molar-refractivity contribution in [3.63, 3.8) is 0 Å². The Morgan fingerprint density at radius 1 is 1.12 bits per heavy atom. The van der Waals surface area contributed by atoms with Crippen LogP contribution in [0.4, 0.5) is 16.2 Å². The van der Waals surface area contributed by atoms with Crippen molar-refractivity contribution in [2.24, 2.45) is 0 Å². The molecular weight excluding hydrogens is 350 g/mol. The third-order valence-electron chi connectivity index (χ3n) is 3.96. The summed E-state index contributed by atoms with van der Waals surface area (Å²) in [7, 11) is -3.24. The van der Waals surface area contributed by atoms with Crippen LogP contribution < -0.4 is 15.5 Å². The van der Waals surface area contributed by atoms with E-state index in [0.29, 0.717) is 18.8 Å². The summed E-state index contributed by atoms with van der Waals surface area (Å²) in [5, 5.41) is 5.51. The predicted molar refractivity (Wildman–Crippen MR) is 106 cm³/mol. The fraction of sp³-hybridized carbons (Fsp3) is 0.316. The van der Waals surface area contributed by atoms with E-state index in [-0.39, 0.29) is 10.9 Å². The van der Waals surface area contributed by atoms with Crippen molar-refractivity contribution in [3.8, 4) is 0 Å². The molecule has 0 aromatic heterocycles. The molecule has 0 unspecified atom stereocenters. The van der Waals surface area contributed by atoms with Gasteiger partial charge < -0.3 is 15.5 Å². The van der Waals surface area contributed by atoms with Gasteiger partial charge in [-0.3, -0.25) is 0 Å². The average Bonchev–Trinajstić information content (AvgIpc) is 2.58. The fourth-order valence-electron chi connectivity index (χ4n) is 2.56. The van der Waals surface area contributed by atoms with Gasteiger partial charge in [-0.05, 0) is 55.8 Å². The molecule has 7 heteroatoms. The second-order valence-electron chi connectivity index (χ2n) is 6.10. The number of likely N-dealkylation sites (N-methyl/N-ethyl adjacent to an activating group) is 1. The minimum absolute atomic E-state index is 0.222. The van der Waals surface area contributed by atoms with Gasteiger partial charge in [0.25, 0.3) is 0 Å². The maximum absolute atomic E-state index is 12.0. The number of carbonyl (C=O) groups excluding carboxylic acids is 1. The Hall–Kier alpha value is -2.54. The Morgan fingerprint density at radius 3 is 2.38 bits per heavy atom. The largest absolute Gasteiger partial charge is 0.370 e. The highest BCUT2D eigenvalue weighted by molar-refractivity contribution is 7.90. The van der Waals surface area contributed by atoms with Crippen molar-refractivity contribution in [1.29, 1.82) is 0 Å². The molecule has 0 radical (unpaired) electrons. The molecule has 0 fully saturated rings. The maximum atomic E-state index is 12.0. The number of rotatable bonds is 7. The molecule has 0 saturated heterocycles. The number of carbonyl (C=O) groups is 1. The van der Waals surface area contributed by atoms with E-state index in [2.05, 4.69) is 47.6 Å². The van der Waals surface area contributed by atoms with E-state index < -0.39 is 9.84 Å². The molecule has 2 amide bonds. The first-order valence-corrected chi connectivity index (χ1v) is 10.4. The number of sulfone groups is 1. The van der Waals surface area contributed by atoms with Crippen LogP contribution in [0.2, 0.25) is 0 Å². The second kappa shape index (κ2) is 8.71. The predicted octanol–water partition coefficient (Wildman–Crippen LogP) is 3.05. The number of anilines is 2. The maximum Gasteiger partial charge on any atom is 0.319 e. The summed E-state index contributed by atoms with van der Waals surface area (Å²) in [4.78, 5) is 14.4. The topological polar surface area (TPSA) is 78.5 Å². The lowest BCUT2D eigenvalue weighted by Gasteiger charge is -2.23. The average molecular weight is 375 g/mol. The highest BCUT2D eigenvalue weighted by Gasteiger charge is 2.08. The first-order valence-electron chi connectivity index (χ1n) is 8.46. The van der Waals surface area contributed by atoms with Crippen molar-refractivity contribution < 1.29 is 13.2 Å². The highest BCUT2D eigenvalue weighted by Crippen LogP contribution is 2.15. The molecule has 0 heterocycles. The minimum Gasteiger partial charge on any atom is -0.370 e. The monoisotopic (exact) mass is 375 g/mol. The van der Waals surface area contributed by atoms with Gasteiger partial charge in [-0.25, -0.2) is 13.2 Å². The number of aryl methyl sites for hydroxylation is 1. The summed E-state index contributed by atoms with van der Waals surface area (Å²) in [6.07, 6.45) is 1.15. The SMILES string of the molecule is CCN(CCNC(=O)Nc1ccc(S(C)(=O)=O)cc1)c1cccc(C)c1. The Bertz CT molecular complexity index is 849. The van der Waals surface area contributed by atoms with Crippen LogP contribution in [0.5, 0.6) is 0 Å². The summed E-state index contributed by atoms with van der Waals surface area (Å²) in [6.45, 7) is 6.17. The van der Waals surface area contributed by atoms with Crippen LogP contribution in [-0.4, -0.2) is 40.3 Å². The van der Waals surface area contributed by atoms with Gasteiger partial charge in [-0.1, -0.05) is 12.1 Å². The zero-order chi connectivity index (χ0) is 19.2. The fourth-order valence-corrected chi connectivity index (χ4v) is 3.19. The number of hydrogen-bond donors (Lipinski definition) is 2. The Morgan fingerprint density at radius 2 is 1.81 bits per heavy atom. The first-order chi connectivity index (χ1) is 12.3. The van der Waals surface area contributed by atoms with Crippen LogP contribution in [0.25, 0.3) is 0 Å². The normalized spacial score (nSPS) is 11.0. The molecule has 0 aliphatic rings. The van der Waals surface area contributed by atoms with Crippen LogP contribution in [-0.2, 0) is 9.84 Å². The highest BCUT2D eigenvalue weighted by atomic mass is 32.2. The van der Waals surface area contributed by atoms with E-state index in [0.717, 1.165) is 18.5 Å². The lowest BCUT2D eigenvalue weighted by molar-refractivity contribution is 0.252. The molecule has 2 N–H and O–H groups in total. The molecule has 0 saturated carbocycles. The molecule has 26 heavy (non-hydrogen) atoms. The van der Waals surface area contributed by atoms with Crippen molar-refractivity contribution in [2.75, 3.05) is 36.1 Å². The number of nitrogens with zero attached hydrogens (tertiary/aromatic N) is 1. The molecule has 2 aromatic carbocycles. The Kier molecular flexibility index (Phi) is 6.63. The van der Waals surface area contributed by atoms with Gasteiger partial charge in [0.2, 0.25) is 0 Å². The molecule has 2 aromatic rings. The summed E-state index contributed by atoms with van der Waals surface area (Å²) in [5.74, 6) is 0. The van der Waals surface area contributed by atoms with Crippen molar-refractivity contribution >= 4 is 27.2 Å².